The predicted molar refractivity (Wildman–Crippen MR) is 102 cm³/mol. The van der Waals surface area contributed by atoms with Gasteiger partial charge >= 0.3 is 0 Å². The average Bonchev–Trinajstić information content (AvgIpc) is 3.25. The lowest BCUT2D eigenvalue weighted by Crippen LogP contribution is -2.24. The molecule has 2 aliphatic carbocycles. The summed E-state index contributed by atoms with van der Waals surface area (Å²) in [5, 5.41) is 21.8. The number of benzene rings is 3. The molecular weight excluding hydrogens is 320 g/mol. The fourth-order valence-electron chi connectivity index (χ4n) is 5.25. The second kappa shape index (κ2) is 5.72. The minimum Gasteiger partial charge on any atom is -0.508 e. The van der Waals surface area contributed by atoms with Crippen LogP contribution >= 0.6 is 0 Å². The Morgan fingerprint density at radius 3 is 2.12 bits per heavy atom. The van der Waals surface area contributed by atoms with Crippen LogP contribution in [0.4, 0.5) is 0 Å². The van der Waals surface area contributed by atoms with Crippen molar-refractivity contribution in [2.24, 2.45) is 0 Å². The van der Waals surface area contributed by atoms with Gasteiger partial charge in [0, 0.05) is 11.0 Å². The van der Waals surface area contributed by atoms with Gasteiger partial charge in [0.1, 0.15) is 11.9 Å². The van der Waals surface area contributed by atoms with Gasteiger partial charge in [-0.05, 0) is 59.6 Å². The zero-order valence-electron chi connectivity index (χ0n) is 14.7. The van der Waals surface area contributed by atoms with E-state index in [1.807, 2.05) is 36.4 Å². The lowest BCUT2D eigenvalue weighted by Gasteiger charge is -2.30. The van der Waals surface area contributed by atoms with Gasteiger partial charge in [0.15, 0.2) is 0 Å². The molecule has 0 bridgehead atoms. The number of aromatic hydroxyl groups is 1. The molecule has 2 nitrogen and oxygen atoms in total. The number of rotatable bonds is 2. The van der Waals surface area contributed by atoms with Gasteiger partial charge < -0.3 is 10.2 Å². The van der Waals surface area contributed by atoms with Crippen LogP contribution < -0.4 is 0 Å². The summed E-state index contributed by atoms with van der Waals surface area (Å²) in [5.74, 6) is 0.400. The maximum atomic E-state index is 11.2. The topological polar surface area (TPSA) is 40.5 Å². The highest BCUT2D eigenvalue weighted by Gasteiger charge is 2.48. The summed E-state index contributed by atoms with van der Waals surface area (Å²) >= 11 is 0. The van der Waals surface area contributed by atoms with Crippen molar-refractivity contribution in [3.63, 3.8) is 0 Å². The summed E-state index contributed by atoms with van der Waals surface area (Å²) in [6, 6.07) is 22.0. The summed E-state index contributed by atoms with van der Waals surface area (Å²) in [5.41, 5.74) is 6.64. The Hall–Kier alpha value is -2.58. The smallest absolute Gasteiger partial charge is 0.119 e. The molecule has 2 N–H and O–H groups in total. The minimum atomic E-state index is -0.643. The summed E-state index contributed by atoms with van der Waals surface area (Å²) in [7, 11) is 0. The molecule has 0 heterocycles. The maximum absolute atomic E-state index is 11.2. The molecule has 26 heavy (non-hydrogen) atoms. The quantitative estimate of drug-likeness (QED) is 0.711. The van der Waals surface area contributed by atoms with Crippen LogP contribution in [0.3, 0.4) is 0 Å². The number of aliphatic hydroxyl groups is 1. The van der Waals surface area contributed by atoms with E-state index in [2.05, 4.69) is 24.3 Å². The number of aliphatic hydroxyl groups excluding tert-OH is 1. The third-order valence-electron chi connectivity index (χ3n) is 6.32. The highest BCUT2D eigenvalue weighted by molar-refractivity contribution is 5.61. The molecule has 2 atom stereocenters. The summed E-state index contributed by atoms with van der Waals surface area (Å²) in [4.78, 5) is 0. The third kappa shape index (κ3) is 2.09. The van der Waals surface area contributed by atoms with Crippen molar-refractivity contribution in [1.82, 2.24) is 0 Å². The lowest BCUT2D eigenvalue weighted by molar-refractivity contribution is 0.217. The largest absolute Gasteiger partial charge is 0.508 e. The van der Waals surface area contributed by atoms with Crippen LogP contribution in [0.1, 0.15) is 52.3 Å². The van der Waals surface area contributed by atoms with Crippen molar-refractivity contribution in [2.75, 3.05) is 0 Å². The van der Waals surface area contributed by atoms with Crippen molar-refractivity contribution in [3.8, 4) is 5.75 Å². The van der Waals surface area contributed by atoms with Crippen LogP contribution in [-0.2, 0) is 18.3 Å². The minimum absolute atomic E-state index is 0.164. The number of hydrogen-bond acceptors (Lipinski definition) is 2. The first-order valence-corrected chi connectivity index (χ1v) is 9.37. The van der Waals surface area contributed by atoms with Gasteiger partial charge in [-0.15, -0.1) is 0 Å². The molecule has 3 aromatic carbocycles. The van der Waals surface area contributed by atoms with E-state index >= 15 is 0 Å². The molecule has 2 aliphatic rings. The Morgan fingerprint density at radius 1 is 0.731 bits per heavy atom. The van der Waals surface area contributed by atoms with Crippen molar-refractivity contribution in [3.05, 3.63) is 100 Å². The van der Waals surface area contributed by atoms with Crippen molar-refractivity contribution in [2.45, 2.75) is 37.2 Å². The second-order valence-electron chi connectivity index (χ2n) is 7.59. The number of phenols is 1. The molecule has 130 valence electrons. The Bertz CT molecular complexity index is 973. The van der Waals surface area contributed by atoms with E-state index in [0.717, 1.165) is 42.4 Å². The highest BCUT2D eigenvalue weighted by atomic mass is 16.3. The van der Waals surface area contributed by atoms with E-state index in [1.165, 1.54) is 16.7 Å². The molecule has 0 aliphatic heterocycles. The van der Waals surface area contributed by atoms with Gasteiger partial charge in [-0.3, -0.25) is 0 Å². The Morgan fingerprint density at radius 2 is 1.38 bits per heavy atom. The van der Waals surface area contributed by atoms with E-state index < -0.39 is 6.10 Å². The van der Waals surface area contributed by atoms with Gasteiger partial charge in [-0.1, -0.05) is 60.7 Å². The van der Waals surface area contributed by atoms with Gasteiger partial charge in [-0.2, -0.15) is 0 Å². The van der Waals surface area contributed by atoms with E-state index in [4.69, 9.17) is 0 Å². The summed E-state index contributed by atoms with van der Waals surface area (Å²) in [6.45, 7) is 0. The van der Waals surface area contributed by atoms with Crippen LogP contribution in [0, 0.1) is 0 Å². The van der Waals surface area contributed by atoms with Crippen molar-refractivity contribution < 1.29 is 10.2 Å². The van der Waals surface area contributed by atoms with Crippen LogP contribution in [0.25, 0.3) is 0 Å². The molecule has 0 saturated heterocycles. The number of aryl methyl sites for hydroxylation is 2. The van der Waals surface area contributed by atoms with Crippen molar-refractivity contribution in [1.29, 1.82) is 0 Å². The molecule has 0 radical (unpaired) electrons. The molecule has 0 amide bonds. The fraction of sp³-hybridized carbons (Fsp3) is 0.250. The zero-order chi connectivity index (χ0) is 17.7. The monoisotopic (exact) mass is 342 g/mol. The van der Waals surface area contributed by atoms with Gasteiger partial charge in [0.2, 0.25) is 0 Å². The molecule has 3 aromatic rings. The van der Waals surface area contributed by atoms with Crippen LogP contribution in [0.15, 0.2) is 66.7 Å². The van der Waals surface area contributed by atoms with Crippen molar-refractivity contribution >= 4 is 0 Å². The highest BCUT2D eigenvalue weighted by Crippen LogP contribution is 2.56. The summed E-state index contributed by atoms with van der Waals surface area (Å²) in [6.07, 6.45) is 3.35. The molecule has 0 aromatic heterocycles. The standard InChI is InChI=1S/C24H22O2/c25-20-11-5-9-17-13-15-24(22(17)20)14-12-16-8-4-10-19(21(16)24)23(26)18-6-2-1-3-7-18/h1-11,23,25-26H,12-15H2. The first kappa shape index (κ1) is 15.7. The molecule has 2 heteroatoms. The predicted octanol–water partition coefficient (Wildman–Crippen LogP) is 4.65. The SMILES string of the molecule is Oc1cccc2c1C1(CC2)CCc2cccc(C(O)c3ccccc3)c21. The molecule has 1 spiro atoms. The first-order chi connectivity index (χ1) is 12.7. The van der Waals surface area contributed by atoms with Crippen LogP contribution in [-0.4, -0.2) is 10.2 Å². The zero-order valence-corrected chi connectivity index (χ0v) is 14.7. The fourth-order valence-corrected chi connectivity index (χ4v) is 5.25. The Kier molecular flexibility index (Phi) is 3.44. The number of hydrogen-bond donors (Lipinski definition) is 2. The average molecular weight is 342 g/mol. The van der Waals surface area contributed by atoms with E-state index in [1.54, 1.807) is 6.07 Å². The molecule has 2 unspecified atom stereocenters. The lowest BCUT2D eigenvalue weighted by atomic mass is 9.73. The normalized spacial score (nSPS) is 21.6. The number of phenolic OH excluding ortho intramolecular Hbond substituents is 1. The first-order valence-electron chi connectivity index (χ1n) is 9.37. The van der Waals surface area contributed by atoms with E-state index in [-0.39, 0.29) is 5.41 Å². The second-order valence-corrected chi connectivity index (χ2v) is 7.59. The molecule has 0 saturated carbocycles. The van der Waals surface area contributed by atoms with Gasteiger partial charge in [-0.25, -0.2) is 0 Å². The molecule has 0 fully saturated rings. The van der Waals surface area contributed by atoms with E-state index in [9.17, 15) is 10.2 Å². The Labute approximate surface area is 153 Å². The summed E-state index contributed by atoms with van der Waals surface area (Å²) < 4.78 is 0. The molecule has 5 rings (SSSR count). The van der Waals surface area contributed by atoms with E-state index in [0.29, 0.717) is 5.75 Å². The van der Waals surface area contributed by atoms with Crippen LogP contribution in [0.5, 0.6) is 5.75 Å². The van der Waals surface area contributed by atoms with Gasteiger partial charge in [0.05, 0.1) is 0 Å². The third-order valence-corrected chi connectivity index (χ3v) is 6.32. The van der Waals surface area contributed by atoms with Crippen LogP contribution in [0.2, 0.25) is 0 Å². The number of fused-ring (bicyclic) bond motifs is 4. The van der Waals surface area contributed by atoms with Gasteiger partial charge in [0.25, 0.3) is 0 Å². The maximum Gasteiger partial charge on any atom is 0.119 e. The Balaban J connectivity index is 1.72. The molecular formula is C24H22O2.